The molecule has 27 heavy (non-hydrogen) atoms. The Hall–Kier alpha value is -3.39. The fraction of sp³-hybridized carbons (Fsp3) is 0.0800. The number of nitrogens with zero attached hydrogens (tertiary/aromatic N) is 1. The van der Waals surface area contributed by atoms with E-state index < -0.39 is 0 Å². The van der Waals surface area contributed by atoms with Crippen LogP contribution in [0.2, 0.25) is 0 Å². The third-order valence-corrected chi connectivity index (χ3v) is 5.83. The Morgan fingerprint density at radius 3 is 2.19 bits per heavy atom. The molecule has 2 heteroatoms. The maximum atomic E-state index is 6.28. The van der Waals surface area contributed by atoms with E-state index in [9.17, 15) is 0 Å². The van der Waals surface area contributed by atoms with Crippen molar-refractivity contribution in [3.63, 3.8) is 0 Å². The summed E-state index contributed by atoms with van der Waals surface area (Å²) in [7, 11) is 2.12. The van der Waals surface area contributed by atoms with E-state index >= 15 is 0 Å². The molecule has 2 aromatic heterocycles. The molecular formula is C25H18NO+. The van der Waals surface area contributed by atoms with Crippen LogP contribution in [0.5, 0.6) is 0 Å². The SMILES string of the molecule is Cc1c2oc3ccccc3c2cc2c3ccccc3c3ccc[n+](C)c3c12. The van der Waals surface area contributed by atoms with E-state index in [0.29, 0.717) is 0 Å². The standard InChI is InChI=1S/C25H18NO/c1-15-23-20(14-21-18-10-5-6-12-22(18)27-25(15)21)17-9-4-3-8-16(17)19-11-7-13-26(2)24(19)23/h3-14H,1-2H3/q+1. The second-order valence-electron chi connectivity index (χ2n) is 7.33. The number of pyridine rings is 1. The lowest BCUT2D eigenvalue weighted by Gasteiger charge is -2.11. The number of hydrogen-bond acceptors (Lipinski definition) is 1. The summed E-state index contributed by atoms with van der Waals surface area (Å²) in [5.41, 5.74) is 4.40. The number of hydrogen-bond donors (Lipinski definition) is 0. The molecule has 2 nitrogen and oxygen atoms in total. The summed E-state index contributed by atoms with van der Waals surface area (Å²) in [5, 5.41) is 8.80. The second-order valence-corrected chi connectivity index (χ2v) is 7.33. The molecule has 0 atom stereocenters. The fourth-order valence-electron chi connectivity index (χ4n) is 4.63. The summed E-state index contributed by atoms with van der Waals surface area (Å²) >= 11 is 0. The van der Waals surface area contributed by atoms with Gasteiger partial charge in [0.05, 0.1) is 10.8 Å². The van der Waals surface area contributed by atoms with Crippen molar-refractivity contribution in [2.24, 2.45) is 7.05 Å². The first-order valence-electron chi connectivity index (χ1n) is 9.27. The lowest BCUT2D eigenvalue weighted by atomic mass is 9.92. The first-order chi connectivity index (χ1) is 13.2. The molecule has 0 aliphatic heterocycles. The van der Waals surface area contributed by atoms with Crippen LogP contribution in [0.1, 0.15) is 5.56 Å². The summed E-state index contributed by atoms with van der Waals surface area (Å²) in [6.45, 7) is 2.19. The zero-order chi connectivity index (χ0) is 18.1. The topological polar surface area (TPSA) is 17.0 Å². The van der Waals surface area contributed by atoms with Crippen molar-refractivity contribution < 1.29 is 8.98 Å². The molecule has 0 bridgehead atoms. The van der Waals surface area contributed by atoms with Gasteiger partial charge in [-0.05, 0) is 41.3 Å². The molecule has 2 heterocycles. The van der Waals surface area contributed by atoms with Crippen molar-refractivity contribution in [3.05, 3.63) is 78.5 Å². The van der Waals surface area contributed by atoms with Crippen LogP contribution in [0.25, 0.3) is 54.4 Å². The van der Waals surface area contributed by atoms with Crippen LogP contribution < -0.4 is 4.57 Å². The van der Waals surface area contributed by atoms with Crippen LogP contribution in [-0.2, 0) is 7.05 Å². The lowest BCUT2D eigenvalue weighted by Crippen LogP contribution is -2.28. The Balaban J connectivity index is 2.02. The van der Waals surface area contributed by atoms with Gasteiger partial charge in [0.2, 0.25) is 5.52 Å². The largest absolute Gasteiger partial charge is 0.456 e. The van der Waals surface area contributed by atoms with Gasteiger partial charge in [-0.3, -0.25) is 0 Å². The van der Waals surface area contributed by atoms with E-state index in [-0.39, 0.29) is 0 Å². The predicted molar refractivity (Wildman–Crippen MR) is 112 cm³/mol. The normalized spacial score (nSPS) is 12.1. The highest BCUT2D eigenvalue weighted by atomic mass is 16.3. The number of benzene rings is 4. The summed E-state index contributed by atoms with van der Waals surface area (Å²) in [5.74, 6) is 0. The maximum absolute atomic E-state index is 6.28. The van der Waals surface area contributed by atoms with Gasteiger partial charge in [0, 0.05) is 22.4 Å². The van der Waals surface area contributed by atoms with Gasteiger partial charge in [0.15, 0.2) is 6.20 Å². The minimum atomic E-state index is 0.948. The quantitative estimate of drug-likeness (QED) is 0.237. The predicted octanol–water partition coefficient (Wildman–Crippen LogP) is 6.18. The highest BCUT2D eigenvalue weighted by Gasteiger charge is 2.20. The van der Waals surface area contributed by atoms with Crippen molar-refractivity contribution >= 4 is 54.4 Å². The Morgan fingerprint density at radius 2 is 1.37 bits per heavy atom. The number of fused-ring (bicyclic) bond motifs is 9. The van der Waals surface area contributed by atoms with Gasteiger partial charge < -0.3 is 4.42 Å². The van der Waals surface area contributed by atoms with Gasteiger partial charge in [-0.15, -0.1) is 0 Å². The average molecular weight is 348 g/mol. The molecule has 6 aromatic rings. The zero-order valence-electron chi connectivity index (χ0n) is 15.3. The molecule has 0 unspecified atom stereocenters. The van der Waals surface area contributed by atoms with Crippen LogP contribution >= 0.6 is 0 Å². The molecule has 0 aliphatic carbocycles. The Bertz CT molecular complexity index is 1540. The third kappa shape index (κ3) is 1.82. The van der Waals surface area contributed by atoms with Crippen molar-refractivity contribution in [1.82, 2.24) is 0 Å². The number of furan rings is 1. The Morgan fingerprint density at radius 1 is 0.704 bits per heavy atom. The molecule has 0 N–H and O–H groups in total. The number of aromatic nitrogens is 1. The highest BCUT2D eigenvalue weighted by molar-refractivity contribution is 6.27. The maximum Gasteiger partial charge on any atom is 0.221 e. The van der Waals surface area contributed by atoms with Crippen molar-refractivity contribution in [1.29, 1.82) is 0 Å². The molecule has 0 radical (unpaired) electrons. The molecular weight excluding hydrogens is 330 g/mol. The van der Waals surface area contributed by atoms with Crippen LogP contribution in [0.15, 0.2) is 77.3 Å². The summed E-state index contributed by atoms with van der Waals surface area (Å²) in [6, 6.07) is 23.7. The second kappa shape index (κ2) is 5.08. The third-order valence-electron chi connectivity index (χ3n) is 5.83. The van der Waals surface area contributed by atoms with Gasteiger partial charge in [0.25, 0.3) is 0 Å². The van der Waals surface area contributed by atoms with Gasteiger partial charge in [-0.2, -0.15) is 0 Å². The van der Waals surface area contributed by atoms with Gasteiger partial charge in [-0.25, -0.2) is 4.57 Å². The van der Waals surface area contributed by atoms with Crippen LogP contribution in [0.4, 0.5) is 0 Å². The van der Waals surface area contributed by atoms with Crippen LogP contribution in [0.3, 0.4) is 0 Å². The number of rotatable bonds is 0. The molecule has 0 spiro atoms. The van der Waals surface area contributed by atoms with E-state index in [1.165, 1.54) is 48.8 Å². The molecule has 128 valence electrons. The highest BCUT2D eigenvalue weighted by Crippen LogP contribution is 2.41. The minimum Gasteiger partial charge on any atom is -0.456 e. The van der Waals surface area contributed by atoms with Crippen LogP contribution in [0, 0.1) is 6.92 Å². The average Bonchev–Trinajstić information content (AvgIpc) is 3.08. The van der Waals surface area contributed by atoms with Gasteiger partial charge in [-0.1, -0.05) is 42.5 Å². The van der Waals surface area contributed by atoms with Gasteiger partial charge >= 0.3 is 0 Å². The van der Waals surface area contributed by atoms with E-state index in [1.54, 1.807) is 0 Å². The molecule has 0 fully saturated rings. The molecule has 6 rings (SSSR count). The van der Waals surface area contributed by atoms with E-state index in [1.807, 2.05) is 6.07 Å². The summed E-state index contributed by atoms with van der Waals surface area (Å²) in [6.07, 6.45) is 2.12. The van der Waals surface area contributed by atoms with E-state index in [0.717, 1.165) is 11.2 Å². The molecule has 0 aliphatic rings. The van der Waals surface area contributed by atoms with Crippen LogP contribution in [-0.4, -0.2) is 0 Å². The van der Waals surface area contributed by atoms with E-state index in [2.05, 4.69) is 85.4 Å². The van der Waals surface area contributed by atoms with E-state index in [4.69, 9.17) is 4.42 Å². The number of aryl methyl sites for hydroxylation is 2. The molecule has 0 amide bonds. The van der Waals surface area contributed by atoms with Gasteiger partial charge in [0.1, 0.15) is 18.2 Å². The molecule has 0 saturated carbocycles. The summed E-state index contributed by atoms with van der Waals surface area (Å²) in [4.78, 5) is 0. The summed E-state index contributed by atoms with van der Waals surface area (Å²) < 4.78 is 8.51. The monoisotopic (exact) mass is 348 g/mol. The first kappa shape index (κ1) is 14.7. The smallest absolute Gasteiger partial charge is 0.221 e. The minimum absolute atomic E-state index is 0.948. The number of para-hydroxylation sites is 1. The molecule has 0 saturated heterocycles. The lowest BCUT2D eigenvalue weighted by molar-refractivity contribution is -0.644. The van der Waals surface area contributed by atoms with Crippen molar-refractivity contribution in [3.8, 4) is 0 Å². The van der Waals surface area contributed by atoms with Crippen molar-refractivity contribution in [2.45, 2.75) is 6.92 Å². The Kier molecular flexibility index (Phi) is 2.77. The zero-order valence-corrected chi connectivity index (χ0v) is 15.3. The van der Waals surface area contributed by atoms with Crippen molar-refractivity contribution in [2.75, 3.05) is 0 Å². The molecule has 4 aromatic carbocycles. The fourth-order valence-corrected chi connectivity index (χ4v) is 4.63. The Labute approximate surface area is 156 Å². The first-order valence-corrected chi connectivity index (χ1v) is 9.27.